The quantitative estimate of drug-likeness (QED) is 0.557. The molecule has 5 nitrogen and oxygen atoms in total. The van der Waals surface area contributed by atoms with E-state index < -0.39 is 9.84 Å². The van der Waals surface area contributed by atoms with Gasteiger partial charge in [-0.15, -0.1) is 0 Å². The van der Waals surface area contributed by atoms with E-state index in [1.165, 1.54) is 22.3 Å². The Morgan fingerprint density at radius 2 is 1.93 bits per heavy atom. The molecule has 1 N–H and O–H groups in total. The van der Waals surface area contributed by atoms with Crippen LogP contribution < -0.4 is 5.43 Å². The molecule has 1 heterocycles. The number of rotatable bonds is 4. The number of benzene rings is 2. The van der Waals surface area contributed by atoms with Gasteiger partial charge in [0, 0.05) is 6.42 Å². The van der Waals surface area contributed by atoms with Crippen molar-refractivity contribution in [3.8, 4) is 11.1 Å². The van der Waals surface area contributed by atoms with Crippen LogP contribution in [0.4, 0.5) is 0 Å². The van der Waals surface area contributed by atoms with E-state index in [-0.39, 0.29) is 29.8 Å². The number of carbonyl (C=O) groups excluding carboxylic acids is 1. The molecule has 140 valence electrons. The topological polar surface area (TPSA) is 75.6 Å². The fraction of sp³-hybridized carbons (Fsp3) is 0.333. The number of nitrogens with zero attached hydrogens (tertiary/aromatic N) is 1. The van der Waals surface area contributed by atoms with E-state index in [1.807, 2.05) is 13.0 Å². The summed E-state index contributed by atoms with van der Waals surface area (Å²) < 4.78 is 23.0. The Labute approximate surface area is 159 Å². The van der Waals surface area contributed by atoms with Crippen molar-refractivity contribution in [2.75, 3.05) is 11.5 Å². The second kappa shape index (κ2) is 6.93. The van der Waals surface area contributed by atoms with Crippen molar-refractivity contribution in [3.05, 3.63) is 59.2 Å². The van der Waals surface area contributed by atoms with Crippen molar-refractivity contribution >= 4 is 21.5 Å². The minimum Gasteiger partial charge on any atom is -0.273 e. The molecule has 0 radical (unpaired) electrons. The molecule has 1 fully saturated rings. The molecule has 0 saturated carbocycles. The highest BCUT2D eigenvalue weighted by molar-refractivity contribution is 7.91. The molecule has 0 aromatic heterocycles. The van der Waals surface area contributed by atoms with Crippen molar-refractivity contribution in [1.82, 2.24) is 5.43 Å². The molecule has 2 aromatic rings. The Hall–Kier alpha value is -2.47. The van der Waals surface area contributed by atoms with Gasteiger partial charge in [0.15, 0.2) is 9.84 Å². The zero-order chi connectivity index (χ0) is 19.0. The van der Waals surface area contributed by atoms with Gasteiger partial charge in [-0.25, -0.2) is 13.8 Å². The van der Waals surface area contributed by atoms with Crippen molar-refractivity contribution < 1.29 is 13.2 Å². The monoisotopic (exact) mass is 382 g/mol. The molecule has 0 unspecified atom stereocenters. The molecule has 4 rings (SSSR count). The average molecular weight is 382 g/mol. The second-order valence-electron chi connectivity index (χ2n) is 7.41. The molecule has 1 amide bonds. The second-order valence-corrected chi connectivity index (χ2v) is 9.64. The van der Waals surface area contributed by atoms with Gasteiger partial charge in [-0.05, 0) is 59.6 Å². The summed E-state index contributed by atoms with van der Waals surface area (Å²) in [5.74, 6) is -0.0341. The fourth-order valence-corrected chi connectivity index (χ4v) is 5.78. The van der Waals surface area contributed by atoms with Crippen LogP contribution >= 0.6 is 0 Å². The Morgan fingerprint density at radius 3 is 2.70 bits per heavy atom. The normalized spacial score (nSPS) is 20.2. The van der Waals surface area contributed by atoms with Crippen LogP contribution in [0.1, 0.15) is 36.5 Å². The summed E-state index contributed by atoms with van der Waals surface area (Å²) in [7, 11) is -2.96. The van der Waals surface area contributed by atoms with Crippen molar-refractivity contribution in [3.63, 3.8) is 0 Å². The average Bonchev–Trinajstić information content (AvgIpc) is 3.18. The van der Waals surface area contributed by atoms with E-state index >= 15 is 0 Å². The van der Waals surface area contributed by atoms with Gasteiger partial charge in [0.25, 0.3) is 0 Å². The predicted molar refractivity (Wildman–Crippen MR) is 106 cm³/mol. The SMILES string of the molecule is C/C(=N/NC(=O)C[C@@H]1CCS(=O)(=O)C1)c1ccc2c(c1)Cc1ccccc1-2. The van der Waals surface area contributed by atoms with Gasteiger partial charge in [0.1, 0.15) is 0 Å². The van der Waals surface area contributed by atoms with Gasteiger partial charge in [0.05, 0.1) is 17.2 Å². The zero-order valence-corrected chi connectivity index (χ0v) is 16.1. The van der Waals surface area contributed by atoms with Gasteiger partial charge >= 0.3 is 0 Å². The summed E-state index contributed by atoms with van der Waals surface area (Å²) >= 11 is 0. The van der Waals surface area contributed by atoms with Gasteiger partial charge in [-0.1, -0.05) is 36.4 Å². The Morgan fingerprint density at radius 1 is 1.15 bits per heavy atom. The summed E-state index contributed by atoms with van der Waals surface area (Å²) in [6.07, 6.45) is 1.68. The summed E-state index contributed by atoms with van der Waals surface area (Å²) in [6, 6.07) is 14.7. The van der Waals surface area contributed by atoms with Crippen LogP contribution in [0.25, 0.3) is 11.1 Å². The molecular formula is C21H22N2O3S. The molecule has 1 atom stereocenters. The number of nitrogens with one attached hydrogen (secondary N) is 1. The van der Waals surface area contributed by atoms with Crippen molar-refractivity contribution in [1.29, 1.82) is 0 Å². The first kappa shape index (κ1) is 17.9. The molecule has 6 heteroatoms. The standard InChI is InChI=1S/C21H22N2O3S/c1-14(22-23-21(24)10-15-8-9-27(25,26)13-15)16-6-7-20-18(11-16)12-17-4-2-3-5-19(17)20/h2-7,11,15H,8-10,12-13H2,1H3,(H,23,24)/b22-14-/t15-/m0/s1. The van der Waals surface area contributed by atoms with Gasteiger partial charge < -0.3 is 0 Å². The first-order chi connectivity index (χ1) is 12.9. The number of carbonyl (C=O) groups is 1. The third kappa shape index (κ3) is 3.81. The predicted octanol–water partition coefficient (Wildman–Crippen LogP) is 2.92. The van der Waals surface area contributed by atoms with Gasteiger partial charge in [-0.3, -0.25) is 4.79 Å². The highest BCUT2D eigenvalue weighted by atomic mass is 32.2. The highest BCUT2D eigenvalue weighted by Crippen LogP contribution is 2.36. The number of hydrazone groups is 1. The van der Waals surface area contributed by atoms with Crippen LogP contribution in [0.3, 0.4) is 0 Å². The molecule has 27 heavy (non-hydrogen) atoms. The number of sulfone groups is 1. The summed E-state index contributed by atoms with van der Waals surface area (Å²) in [4.78, 5) is 12.1. The van der Waals surface area contributed by atoms with Gasteiger partial charge in [-0.2, -0.15) is 5.10 Å². The highest BCUT2D eigenvalue weighted by Gasteiger charge is 2.29. The van der Waals surface area contributed by atoms with E-state index in [1.54, 1.807) is 0 Å². The largest absolute Gasteiger partial charge is 0.273 e. The maximum atomic E-state index is 12.1. The van der Waals surface area contributed by atoms with Gasteiger partial charge in [0.2, 0.25) is 5.91 Å². The van der Waals surface area contributed by atoms with E-state index in [0.717, 1.165) is 17.7 Å². The fourth-order valence-electron chi connectivity index (χ4n) is 3.92. The summed E-state index contributed by atoms with van der Waals surface area (Å²) in [5.41, 5.74) is 9.43. The third-order valence-corrected chi connectivity index (χ3v) is 7.20. The number of hydrogen-bond acceptors (Lipinski definition) is 4. The summed E-state index contributed by atoms with van der Waals surface area (Å²) in [5, 5.41) is 4.22. The van der Waals surface area contributed by atoms with Crippen LogP contribution in [0.2, 0.25) is 0 Å². The first-order valence-electron chi connectivity index (χ1n) is 9.16. The first-order valence-corrected chi connectivity index (χ1v) is 11.0. The molecule has 0 spiro atoms. The minimum absolute atomic E-state index is 0.0935. The van der Waals surface area contributed by atoms with Crippen molar-refractivity contribution in [2.24, 2.45) is 11.0 Å². The minimum atomic E-state index is -2.96. The van der Waals surface area contributed by atoms with Crippen LogP contribution in [-0.2, 0) is 21.1 Å². The molecule has 2 aromatic carbocycles. The maximum Gasteiger partial charge on any atom is 0.240 e. The lowest BCUT2D eigenvalue weighted by Crippen LogP contribution is -2.22. The van der Waals surface area contributed by atoms with E-state index in [0.29, 0.717) is 6.42 Å². The Kier molecular flexibility index (Phi) is 4.60. The van der Waals surface area contributed by atoms with E-state index in [9.17, 15) is 13.2 Å². The summed E-state index contributed by atoms with van der Waals surface area (Å²) in [6.45, 7) is 1.87. The number of amides is 1. The van der Waals surface area contributed by atoms with Crippen LogP contribution in [0, 0.1) is 5.92 Å². The zero-order valence-electron chi connectivity index (χ0n) is 15.2. The molecule has 1 saturated heterocycles. The van der Waals surface area contributed by atoms with Crippen LogP contribution in [-0.4, -0.2) is 31.5 Å². The molecule has 1 aliphatic carbocycles. The number of hydrogen-bond donors (Lipinski definition) is 1. The number of fused-ring (bicyclic) bond motifs is 3. The molecule has 2 aliphatic rings. The maximum absolute atomic E-state index is 12.1. The molecular weight excluding hydrogens is 360 g/mol. The van der Waals surface area contributed by atoms with E-state index in [4.69, 9.17) is 0 Å². The van der Waals surface area contributed by atoms with E-state index in [2.05, 4.69) is 46.9 Å². The lowest BCUT2D eigenvalue weighted by atomic mass is 10.0. The smallest absolute Gasteiger partial charge is 0.240 e. The van der Waals surface area contributed by atoms with Crippen molar-refractivity contribution in [2.45, 2.75) is 26.2 Å². The molecule has 1 aliphatic heterocycles. The lowest BCUT2D eigenvalue weighted by Gasteiger charge is -2.08. The Balaban J connectivity index is 1.42. The lowest BCUT2D eigenvalue weighted by molar-refractivity contribution is -0.121. The molecule has 0 bridgehead atoms. The van der Waals surface area contributed by atoms with Crippen LogP contribution in [0.15, 0.2) is 47.6 Å². The third-order valence-electron chi connectivity index (χ3n) is 5.36. The van der Waals surface area contributed by atoms with Crippen LogP contribution in [0.5, 0.6) is 0 Å². The Bertz CT molecular complexity index is 1040.